The van der Waals surface area contributed by atoms with Gasteiger partial charge in [-0.25, -0.2) is 0 Å². The van der Waals surface area contributed by atoms with E-state index in [0.29, 0.717) is 23.1 Å². The molecule has 2 nitrogen and oxygen atoms in total. The van der Waals surface area contributed by atoms with Crippen LogP contribution in [0.5, 0.6) is 0 Å². The summed E-state index contributed by atoms with van der Waals surface area (Å²) in [5, 5.41) is 4.99. The standard InChI is InChI=1S/C14H20Cl2N2/c1-9-7-18(8-10(2)17-9)11(3)13-5-4-12(15)6-14(13)16/h4-6,9-11,17H,7-8H2,1-3H3. The van der Waals surface area contributed by atoms with Gasteiger partial charge in [0, 0.05) is 41.3 Å². The molecule has 0 amide bonds. The lowest BCUT2D eigenvalue weighted by Gasteiger charge is -2.40. The van der Waals surface area contributed by atoms with Gasteiger partial charge in [-0.3, -0.25) is 4.90 Å². The van der Waals surface area contributed by atoms with Gasteiger partial charge in [0.15, 0.2) is 0 Å². The van der Waals surface area contributed by atoms with Crippen molar-refractivity contribution >= 4 is 23.2 Å². The van der Waals surface area contributed by atoms with Crippen molar-refractivity contribution < 1.29 is 0 Å². The minimum atomic E-state index is 0.321. The van der Waals surface area contributed by atoms with Gasteiger partial charge in [0.05, 0.1) is 0 Å². The van der Waals surface area contributed by atoms with E-state index in [9.17, 15) is 0 Å². The number of nitrogens with one attached hydrogen (secondary N) is 1. The molecule has 0 aromatic heterocycles. The van der Waals surface area contributed by atoms with Crippen LogP contribution in [0.25, 0.3) is 0 Å². The third kappa shape index (κ3) is 3.18. The Morgan fingerprint density at radius 1 is 1.22 bits per heavy atom. The van der Waals surface area contributed by atoms with Crippen molar-refractivity contribution in [1.29, 1.82) is 0 Å². The Hall–Kier alpha value is -0.280. The third-order valence-electron chi connectivity index (χ3n) is 3.55. The Morgan fingerprint density at radius 3 is 2.39 bits per heavy atom. The topological polar surface area (TPSA) is 15.3 Å². The number of benzene rings is 1. The number of nitrogens with zero attached hydrogens (tertiary/aromatic N) is 1. The fourth-order valence-electron chi connectivity index (χ4n) is 2.72. The fraction of sp³-hybridized carbons (Fsp3) is 0.571. The van der Waals surface area contributed by atoms with Gasteiger partial charge < -0.3 is 5.32 Å². The highest BCUT2D eigenvalue weighted by Crippen LogP contribution is 2.30. The number of hydrogen-bond donors (Lipinski definition) is 1. The van der Waals surface area contributed by atoms with Crippen LogP contribution >= 0.6 is 23.2 Å². The predicted molar refractivity (Wildman–Crippen MR) is 78.5 cm³/mol. The van der Waals surface area contributed by atoms with Gasteiger partial charge in [-0.05, 0) is 38.5 Å². The van der Waals surface area contributed by atoms with Gasteiger partial charge in [0.1, 0.15) is 0 Å². The molecule has 2 rings (SSSR count). The molecule has 1 heterocycles. The molecule has 1 aromatic rings. The zero-order valence-electron chi connectivity index (χ0n) is 11.1. The molecule has 100 valence electrons. The maximum atomic E-state index is 6.29. The van der Waals surface area contributed by atoms with Crippen molar-refractivity contribution in [2.75, 3.05) is 13.1 Å². The van der Waals surface area contributed by atoms with E-state index in [2.05, 4.69) is 31.0 Å². The molecule has 1 fully saturated rings. The third-order valence-corrected chi connectivity index (χ3v) is 4.11. The maximum absolute atomic E-state index is 6.29. The van der Waals surface area contributed by atoms with Crippen LogP contribution in [0.3, 0.4) is 0 Å². The van der Waals surface area contributed by atoms with Crippen molar-refractivity contribution in [3.8, 4) is 0 Å². The Balaban J connectivity index is 2.17. The van der Waals surface area contributed by atoms with Gasteiger partial charge in [0.25, 0.3) is 0 Å². The van der Waals surface area contributed by atoms with Crippen molar-refractivity contribution in [3.05, 3.63) is 33.8 Å². The molecule has 0 saturated carbocycles. The summed E-state index contributed by atoms with van der Waals surface area (Å²) in [5.74, 6) is 0. The molecule has 1 N–H and O–H groups in total. The van der Waals surface area contributed by atoms with Crippen LogP contribution in [0.4, 0.5) is 0 Å². The Labute approximate surface area is 119 Å². The fourth-order valence-corrected chi connectivity index (χ4v) is 3.29. The Morgan fingerprint density at radius 2 is 1.83 bits per heavy atom. The highest BCUT2D eigenvalue weighted by molar-refractivity contribution is 6.35. The second kappa shape index (κ2) is 5.79. The summed E-state index contributed by atoms with van der Waals surface area (Å²) in [4.78, 5) is 2.47. The normalized spacial score (nSPS) is 27.2. The van der Waals surface area contributed by atoms with E-state index in [1.54, 1.807) is 0 Å². The van der Waals surface area contributed by atoms with Crippen molar-refractivity contribution in [2.45, 2.75) is 38.9 Å². The van der Waals surface area contributed by atoms with Crippen molar-refractivity contribution in [1.82, 2.24) is 10.2 Å². The second-order valence-corrected chi connectivity index (χ2v) is 6.11. The lowest BCUT2D eigenvalue weighted by Crippen LogP contribution is -2.54. The first-order valence-electron chi connectivity index (χ1n) is 6.42. The van der Waals surface area contributed by atoms with Crippen LogP contribution in [0.2, 0.25) is 10.0 Å². The van der Waals surface area contributed by atoms with Gasteiger partial charge in [0.2, 0.25) is 0 Å². The second-order valence-electron chi connectivity index (χ2n) is 5.26. The Bertz CT molecular complexity index is 412. The van der Waals surface area contributed by atoms with Crippen LogP contribution in [0.15, 0.2) is 18.2 Å². The minimum Gasteiger partial charge on any atom is -0.309 e. The molecule has 4 heteroatoms. The van der Waals surface area contributed by atoms with E-state index in [-0.39, 0.29) is 0 Å². The first-order valence-corrected chi connectivity index (χ1v) is 7.18. The average molecular weight is 287 g/mol. The number of hydrogen-bond acceptors (Lipinski definition) is 2. The van der Waals surface area contributed by atoms with Crippen LogP contribution in [0, 0.1) is 0 Å². The molecular weight excluding hydrogens is 267 g/mol. The molecule has 18 heavy (non-hydrogen) atoms. The van der Waals surface area contributed by atoms with E-state index in [1.165, 1.54) is 0 Å². The molecule has 3 unspecified atom stereocenters. The van der Waals surface area contributed by atoms with E-state index in [4.69, 9.17) is 23.2 Å². The summed E-state index contributed by atoms with van der Waals surface area (Å²) in [6.45, 7) is 8.74. The highest BCUT2D eigenvalue weighted by atomic mass is 35.5. The van der Waals surface area contributed by atoms with Crippen molar-refractivity contribution in [2.24, 2.45) is 0 Å². The largest absolute Gasteiger partial charge is 0.309 e. The molecule has 0 spiro atoms. The summed E-state index contributed by atoms with van der Waals surface area (Å²) in [7, 11) is 0. The highest BCUT2D eigenvalue weighted by Gasteiger charge is 2.26. The van der Waals surface area contributed by atoms with Crippen LogP contribution in [-0.4, -0.2) is 30.1 Å². The molecule has 1 aromatic carbocycles. The van der Waals surface area contributed by atoms with Crippen LogP contribution in [0.1, 0.15) is 32.4 Å². The van der Waals surface area contributed by atoms with E-state index >= 15 is 0 Å². The summed E-state index contributed by atoms with van der Waals surface area (Å²) in [6, 6.07) is 7.12. The van der Waals surface area contributed by atoms with Crippen LogP contribution < -0.4 is 5.32 Å². The van der Waals surface area contributed by atoms with Crippen molar-refractivity contribution in [3.63, 3.8) is 0 Å². The first kappa shape index (κ1) is 14.1. The summed E-state index contributed by atoms with van der Waals surface area (Å²) < 4.78 is 0. The average Bonchev–Trinajstić information content (AvgIpc) is 2.26. The molecule has 1 aliphatic heterocycles. The molecular formula is C14H20Cl2N2. The SMILES string of the molecule is CC1CN(C(C)c2ccc(Cl)cc2Cl)CC(C)N1. The Kier molecular flexibility index (Phi) is 4.54. The predicted octanol–water partition coefficient (Wildman–Crippen LogP) is 3.74. The van der Waals surface area contributed by atoms with Gasteiger partial charge >= 0.3 is 0 Å². The summed E-state index contributed by atoms with van der Waals surface area (Å²) in [6.07, 6.45) is 0. The smallest absolute Gasteiger partial charge is 0.0468 e. The van der Waals surface area contributed by atoms with E-state index in [0.717, 1.165) is 23.7 Å². The zero-order valence-corrected chi connectivity index (χ0v) is 12.6. The number of halogens is 2. The van der Waals surface area contributed by atoms with Crippen LogP contribution in [-0.2, 0) is 0 Å². The zero-order chi connectivity index (χ0) is 13.3. The summed E-state index contributed by atoms with van der Waals surface area (Å²) in [5.41, 5.74) is 1.15. The number of piperazine rings is 1. The lowest BCUT2D eigenvalue weighted by molar-refractivity contribution is 0.131. The maximum Gasteiger partial charge on any atom is 0.0468 e. The molecule has 0 aliphatic carbocycles. The number of rotatable bonds is 2. The van der Waals surface area contributed by atoms with Gasteiger partial charge in [-0.1, -0.05) is 29.3 Å². The molecule has 0 radical (unpaired) electrons. The molecule has 0 bridgehead atoms. The first-order chi connectivity index (χ1) is 8.47. The van der Waals surface area contributed by atoms with Gasteiger partial charge in [-0.2, -0.15) is 0 Å². The molecule has 1 aliphatic rings. The summed E-state index contributed by atoms with van der Waals surface area (Å²) >= 11 is 12.2. The monoisotopic (exact) mass is 286 g/mol. The van der Waals surface area contributed by atoms with Gasteiger partial charge in [-0.15, -0.1) is 0 Å². The van der Waals surface area contributed by atoms with E-state index in [1.807, 2.05) is 18.2 Å². The molecule has 1 saturated heterocycles. The molecule has 3 atom stereocenters. The lowest BCUT2D eigenvalue weighted by atomic mass is 10.0. The quantitative estimate of drug-likeness (QED) is 0.891. The minimum absolute atomic E-state index is 0.321. The van der Waals surface area contributed by atoms with E-state index < -0.39 is 0 Å².